The summed E-state index contributed by atoms with van der Waals surface area (Å²) in [4.78, 5) is 0.284. The number of nitrogens with zero attached hydrogens (tertiary/aromatic N) is 1. The van der Waals surface area contributed by atoms with Crippen molar-refractivity contribution in [2.45, 2.75) is 37.3 Å². The van der Waals surface area contributed by atoms with E-state index in [0.29, 0.717) is 19.6 Å². The summed E-state index contributed by atoms with van der Waals surface area (Å²) in [6.45, 7) is 9.00. The van der Waals surface area contributed by atoms with Crippen molar-refractivity contribution < 1.29 is 17.9 Å². The SMILES string of the molecule is C=CCN([C@@H]1C=C[C@H](OCC#CCOC/C=C/C)C1)S(=O)(=O)c1ccc(C)cc1. The average Bonchev–Trinajstić information content (AvgIpc) is 3.16. The Labute approximate surface area is 174 Å². The summed E-state index contributed by atoms with van der Waals surface area (Å²) in [6, 6.07) is 6.61. The molecule has 1 aromatic carbocycles. The predicted octanol–water partition coefficient (Wildman–Crippen LogP) is 3.48. The van der Waals surface area contributed by atoms with Crippen LogP contribution in [-0.4, -0.2) is 51.2 Å². The van der Waals surface area contributed by atoms with E-state index < -0.39 is 10.0 Å². The number of hydrogen-bond acceptors (Lipinski definition) is 4. The van der Waals surface area contributed by atoms with E-state index in [1.165, 1.54) is 4.31 Å². The first kappa shape index (κ1) is 23.1. The van der Waals surface area contributed by atoms with Gasteiger partial charge in [-0.05, 0) is 32.4 Å². The third-order valence-electron chi connectivity index (χ3n) is 4.45. The quantitative estimate of drug-likeness (QED) is 0.334. The maximum absolute atomic E-state index is 13.1. The van der Waals surface area contributed by atoms with Gasteiger partial charge < -0.3 is 9.47 Å². The molecule has 1 aromatic rings. The number of rotatable bonds is 10. The molecular weight excluding hydrogens is 386 g/mol. The van der Waals surface area contributed by atoms with Crippen molar-refractivity contribution in [2.24, 2.45) is 0 Å². The molecule has 0 spiro atoms. The zero-order valence-corrected chi connectivity index (χ0v) is 17.9. The molecule has 0 saturated heterocycles. The van der Waals surface area contributed by atoms with Gasteiger partial charge in [-0.25, -0.2) is 8.42 Å². The van der Waals surface area contributed by atoms with Gasteiger partial charge in [-0.2, -0.15) is 4.31 Å². The topological polar surface area (TPSA) is 55.8 Å². The molecule has 0 saturated carbocycles. The molecule has 0 aromatic heterocycles. The van der Waals surface area contributed by atoms with Crippen LogP contribution in [0.4, 0.5) is 0 Å². The second kappa shape index (κ2) is 11.7. The molecule has 2 rings (SSSR count). The van der Waals surface area contributed by atoms with Gasteiger partial charge >= 0.3 is 0 Å². The number of aryl methyl sites for hydroxylation is 1. The van der Waals surface area contributed by atoms with Crippen molar-refractivity contribution in [3.8, 4) is 11.8 Å². The van der Waals surface area contributed by atoms with Gasteiger partial charge in [0.05, 0.1) is 17.6 Å². The van der Waals surface area contributed by atoms with E-state index in [1.807, 2.05) is 38.2 Å². The molecule has 6 heteroatoms. The summed E-state index contributed by atoms with van der Waals surface area (Å²) >= 11 is 0. The van der Waals surface area contributed by atoms with Gasteiger partial charge in [-0.15, -0.1) is 6.58 Å². The summed E-state index contributed by atoms with van der Waals surface area (Å²) in [5.41, 5.74) is 1.02. The molecule has 0 bridgehead atoms. The molecule has 0 heterocycles. The molecular formula is C23H29NO4S. The molecule has 0 fully saturated rings. The van der Waals surface area contributed by atoms with E-state index in [-0.39, 0.29) is 30.2 Å². The number of allylic oxidation sites excluding steroid dienone is 1. The fraction of sp³-hybridized carbons (Fsp3) is 0.391. The van der Waals surface area contributed by atoms with Crippen LogP contribution in [-0.2, 0) is 19.5 Å². The van der Waals surface area contributed by atoms with Crippen LogP contribution in [0.15, 0.2) is 66.1 Å². The first-order valence-corrected chi connectivity index (χ1v) is 11.1. The number of sulfonamides is 1. The maximum Gasteiger partial charge on any atom is 0.243 e. The molecule has 1 aliphatic rings. The zero-order chi connectivity index (χ0) is 21.1. The number of benzene rings is 1. The first-order chi connectivity index (χ1) is 14.0. The lowest BCUT2D eigenvalue weighted by Gasteiger charge is -2.26. The largest absolute Gasteiger partial charge is 0.365 e. The van der Waals surface area contributed by atoms with Gasteiger partial charge in [0.2, 0.25) is 10.0 Å². The van der Waals surface area contributed by atoms with Gasteiger partial charge in [0.25, 0.3) is 0 Å². The lowest BCUT2D eigenvalue weighted by molar-refractivity contribution is 0.104. The molecule has 0 radical (unpaired) electrons. The molecule has 0 amide bonds. The van der Waals surface area contributed by atoms with Crippen LogP contribution in [0.2, 0.25) is 0 Å². The highest BCUT2D eigenvalue weighted by Crippen LogP contribution is 2.26. The van der Waals surface area contributed by atoms with Crippen LogP contribution in [0.3, 0.4) is 0 Å². The van der Waals surface area contributed by atoms with E-state index in [9.17, 15) is 8.42 Å². The predicted molar refractivity (Wildman–Crippen MR) is 116 cm³/mol. The van der Waals surface area contributed by atoms with Gasteiger partial charge in [0.15, 0.2) is 0 Å². The molecule has 5 nitrogen and oxygen atoms in total. The molecule has 29 heavy (non-hydrogen) atoms. The Kier molecular flexibility index (Phi) is 9.36. The van der Waals surface area contributed by atoms with Gasteiger partial charge in [-0.3, -0.25) is 0 Å². The molecule has 156 valence electrons. The fourth-order valence-corrected chi connectivity index (χ4v) is 4.46. The Hall–Kier alpha value is -2.17. The van der Waals surface area contributed by atoms with E-state index in [4.69, 9.17) is 9.47 Å². The maximum atomic E-state index is 13.1. The smallest absolute Gasteiger partial charge is 0.243 e. The third-order valence-corrected chi connectivity index (χ3v) is 6.35. The standard InChI is InChI=1S/C23H29NO4S/c1-4-6-16-27-17-7-8-18-28-22-12-11-21(19-22)24(15-5-2)29(25,26)23-13-9-20(3)10-14-23/h4-6,9-14,21-22H,2,15-19H2,1,3H3/b6-4+/t21-,22+/m1/s1. The highest BCUT2D eigenvalue weighted by atomic mass is 32.2. The first-order valence-electron chi connectivity index (χ1n) is 9.63. The second-order valence-corrected chi connectivity index (χ2v) is 8.54. The Bertz CT molecular complexity index is 876. The zero-order valence-electron chi connectivity index (χ0n) is 17.1. The summed E-state index contributed by atoms with van der Waals surface area (Å²) in [6.07, 6.45) is 9.61. The minimum atomic E-state index is -3.62. The van der Waals surface area contributed by atoms with Gasteiger partial charge in [0, 0.05) is 12.6 Å². The molecule has 2 atom stereocenters. The fourth-order valence-electron chi connectivity index (χ4n) is 2.89. The van der Waals surface area contributed by atoms with Crippen LogP contribution in [0.1, 0.15) is 18.9 Å². The van der Waals surface area contributed by atoms with Crippen molar-refractivity contribution in [1.82, 2.24) is 4.31 Å². The monoisotopic (exact) mass is 415 g/mol. The van der Waals surface area contributed by atoms with Crippen molar-refractivity contribution in [1.29, 1.82) is 0 Å². The minimum absolute atomic E-state index is 0.168. The van der Waals surface area contributed by atoms with Crippen LogP contribution >= 0.6 is 0 Å². The molecule has 0 aliphatic heterocycles. The Morgan fingerprint density at radius 3 is 2.62 bits per heavy atom. The van der Waals surface area contributed by atoms with Gasteiger partial charge in [0.1, 0.15) is 13.2 Å². The Morgan fingerprint density at radius 1 is 1.21 bits per heavy atom. The second-order valence-electron chi connectivity index (χ2n) is 6.65. The van der Waals surface area contributed by atoms with Crippen LogP contribution in [0.25, 0.3) is 0 Å². The summed E-state index contributed by atoms with van der Waals surface area (Å²) in [5.74, 6) is 5.81. The molecule has 0 unspecified atom stereocenters. The van der Waals surface area contributed by atoms with Crippen molar-refractivity contribution in [2.75, 3.05) is 26.4 Å². The Balaban J connectivity index is 1.92. The van der Waals surface area contributed by atoms with E-state index >= 15 is 0 Å². The van der Waals surface area contributed by atoms with E-state index in [1.54, 1.807) is 30.3 Å². The van der Waals surface area contributed by atoms with Gasteiger partial charge in [-0.1, -0.05) is 59.9 Å². The third kappa shape index (κ3) is 6.98. The van der Waals surface area contributed by atoms with Crippen LogP contribution in [0.5, 0.6) is 0 Å². The highest BCUT2D eigenvalue weighted by Gasteiger charge is 2.33. The molecule has 1 aliphatic carbocycles. The van der Waals surface area contributed by atoms with Crippen LogP contribution in [0, 0.1) is 18.8 Å². The summed E-state index contributed by atoms with van der Waals surface area (Å²) < 4.78 is 38.7. The average molecular weight is 416 g/mol. The molecule has 0 N–H and O–H groups in total. The van der Waals surface area contributed by atoms with Crippen molar-refractivity contribution >= 4 is 10.0 Å². The highest BCUT2D eigenvalue weighted by molar-refractivity contribution is 7.89. The summed E-state index contributed by atoms with van der Waals surface area (Å²) in [7, 11) is -3.62. The lowest BCUT2D eigenvalue weighted by atomic mass is 10.2. The minimum Gasteiger partial charge on any atom is -0.365 e. The number of ether oxygens (including phenoxy) is 2. The number of hydrogen-bond donors (Lipinski definition) is 0. The Morgan fingerprint density at radius 2 is 1.93 bits per heavy atom. The van der Waals surface area contributed by atoms with Crippen molar-refractivity contribution in [3.63, 3.8) is 0 Å². The van der Waals surface area contributed by atoms with E-state index in [2.05, 4.69) is 18.4 Å². The van der Waals surface area contributed by atoms with Crippen LogP contribution < -0.4 is 0 Å². The van der Waals surface area contributed by atoms with E-state index in [0.717, 1.165) is 5.56 Å². The van der Waals surface area contributed by atoms with Crippen molar-refractivity contribution in [3.05, 3.63) is 66.8 Å². The summed E-state index contributed by atoms with van der Waals surface area (Å²) in [5, 5.41) is 0. The lowest BCUT2D eigenvalue weighted by Crippen LogP contribution is -2.39. The normalized spacial score (nSPS) is 18.9.